The molecule has 4 nitrogen and oxygen atoms in total. The third-order valence-electron chi connectivity index (χ3n) is 3.85. The summed E-state index contributed by atoms with van der Waals surface area (Å²) in [6, 6.07) is 5.27. The van der Waals surface area contributed by atoms with Gasteiger partial charge >= 0.3 is 0 Å². The summed E-state index contributed by atoms with van der Waals surface area (Å²) in [5, 5.41) is 1.13. The van der Waals surface area contributed by atoms with E-state index >= 15 is 0 Å². The van der Waals surface area contributed by atoms with Gasteiger partial charge in [0.25, 0.3) is 0 Å². The Balaban J connectivity index is 1.76. The minimum Gasteiger partial charge on any atom is -0.338 e. The standard InChI is InChI=1S/C18H17Cl2N3OS/c1-11-9-23-16(12(2)21-18(23)25-11)6-7-17(24)22(3)10-13-4-5-14(19)8-15(13)20/h4-9H,10H2,1-3H3/b7-6+. The topological polar surface area (TPSA) is 37.6 Å². The number of thiazole rings is 1. The second-order valence-electron chi connectivity index (χ2n) is 5.84. The second-order valence-corrected chi connectivity index (χ2v) is 7.90. The lowest BCUT2D eigenvalue weighted by atomic mass is 10.2. The molecule has 2 heterocycles. The predicted octanol–water partition coefficient (Wildman–Crippen LogP) is 4.99. The highest BCUT2D eigenvalue weighted by Gasteiger charge is 2.11. The van der Waals surface area contributed by atoms with Crippen molar-refractivity contribution in [3.05, 3.63) is 62.3 Å². The zero-order valence-corrected chi connectivity index (χ0v) is 16.4. The summed E-state index contributed by atoms with van der Waals surface area (Å²) in [4.78, 5) is 20.7. The number of hydrogen-bond donors (Lipinski definition) is 0. The van der Waals surface area contributed by atoms with Crippen molar-refractivity contribution in [3.8, 4) is 0 Å². The smallest absolute Gasteiger partial charge is 0.246 e. The first-order chi connectivity index (χ1) is 11.8. The van der Waals surface area contributed by atoms with Crippen LogP contribution in [0.25, 0.3) is 11.0 Å². The summed E-state index contributed by atoms with van der Waals surface area (Å²) in [6.07, 6.45) is 5.40. The number of aromatic nitrogens is 2. The van der Waals surface area contributed by atoms with Crippen LogP contribution in [0.15, 0.2) is 30.5 Å². The van der Waals surface area contributed by atoms with Gasteiger partial charge in [0.15, 0.2) is 4.96 Å². The van der Waals surface area contributed by atoms with Gasteiger partial charge in [-0.25, -0.2) is 4.98 Å². The zero-order valence-electron chi connectivity index (χ0n) is 14.1. The van der Waals surface area contributed by atoms with Gasteiger partial charge in [0.2, 0.25) is 5.91 Å². The number of amides is 1. The van der Waals surface area contributed by atoms with Gasteiger partial charge in [0, 0.05) is 40.8 Å². The van der Waals surface area contributed by atoms with Crippen LogP contribution in [0.4, 0.5) is 0 Å². The fraction of sp³-hybridized carbons (Fsp3) is 0.222. The van der Waals surface area contributed by atoms with Crippen LogP contribution < -0.4 is 0 Å². The van der Waals surface area contributed by atoms with Crippen molar-refractivity contribution in [2.75, 3.05) is 7.05 Å². The minimum atomic E-state index is -0.104. The van der Waals surface area contributed by atoms with E-state index in [-0.39, 0.29) is 5.91 Å². The number of likely N-dealkylation sites (N-methyl/N-ethyl adjacent to an activating group) is 1. The van der Waals surface area contributed by atoms with Crippen LogP contribution in [0.1, 0.15) is 21.8 Å². The quantitative estimate of drug-likeness (QED) is 0.585. The van der Waals surface area contributed by atoms with E-state index in [2.05, 4.69) is 4.98 Å². The van der Waals surface area contributed by atoms with Gasteiger partial charge in [-0.3, -0.25) is 9.20 Å². The van der Waals surface area contributed by atoms with Crippen molar-refractivity contribution in [2.45, 2.75) is 20.4 Å². The highest BCUT2D eigenvalue weighted by molar-refractivity contribution is 7.17. The third-order valence-corrected chi connectivity index (χ3v) is 5.33. The van der Waals surface area contributed by atoms with Crippen molar-refractivity contribution >= 4 is 51.5 Å². The van der Waals surface area contributed by atoms with E-state index in [1.807, 2.05) is 36.6 Å². The van der Waals surface area contributed by atoms with Crippen LogP contribution in [-0.2, 0) is 11.3 Å². The van der Waals surface area contributed by atoms with Crippen LogP contribution in [0.5, 0.6) is 0 Å². The molecule has 0 atom stereocenters. The van der Waals surface area contributed by atoms with Crippen LogP contribution in [0.3, 0.4) is 0 Å². The van der Waals surface area contributed by atoms with Gasteiger partial charge < -0.3 is 4.90 Å². The number of carbonyl (C=O) groups is 1. The van der Waals surface area contributed by atoms with Crippen LogP contribution in [0.2, 0.25) is 10.0 Å². The molecule has 25 heavy (non-hydrogen) atoms. The molecular weight excluding hydrogens is 377 g/mol. The summed E-state index contributed by atoms with van der Waals surface area (Å²) in [5.74, 6) is -0.104. The molecule has 2 aromatic heterocycles. The predicted molar refractivity (Wildman–Crippen MR) is 105 cm³/mol. The lowest BCUT2D eigenvalue weighted by Crippen LogP contribution is -2.24. The molecule has 3 rings (SSSR count). The molecule has 0 aliphatic carbocycles. The first kappa shape index (κ1) is 18.0. The molecule has 0 radical (unpaired) electrons. The van der Waals surface area contributed by atoms with Gasteiger partial charge in [-0.2, -0.15) is 0 Å². The molecule has 0 saturated carbocycles. The Morgan fingerprint density at radius 3 is 2.84 bits per heavy atom. The fourth-order valence-electron chi connectivity index (χ4n) is 2.54. The molecule has 1 aromatic carbocycles. The number of halogens is 2. The van der Waals surface area contributed by atoms with Crippen molar-refractivity contribution in [1.82, 2.24) is 14.3 Å². The van der Waals surface area contributed by atoms with Crippen LogP contribution in [-0.4, -0.2) is 27.2 Å². The summed E-state index contributed by atoms with van der Waals surface area (Å²) >= 11 is 13.7. The Labute approximate surface area is 160 Å². The van der Waals surface area contributed by atoms with Gasteiger partial charge in [-0.15, -0.1) is 11.3 Å². The molecule has 0 aliphatic heterocycles. The van der Waals surface area contributed by atoms with E-state index in [4.69, 9.17) is 23.2 Å². The van der Waals surface area contributed by atoms with Gasteiger partial charge in [0.05, 0.1) is 11.4 Å². The van der Waals surface area contributed by atoms with Gasteiger partial charge in [-0.05, 0) is 37.6 Å². The Hall–Kier alpha value is -1.82. The lowest BCUT2D eigenvalue weighted by molar-refractivity contribution is -0.125. The Bertz CT molecular complexity index is 974. The van der Waals surface area contributed by atoms with E-state index < -0.39 is 0 Å². The monoisotopic (exact) mass is 393 g/mol. The number of hydrogen-bond acceptors (Lipinski definition) is 3. The van der Waals surface area contributed by atoms with Crippen LogP contribution in [0, 0.1) is 13.8 Å². The van der Waals surface area contributed by atoms with Crippen LogP contribution >= 0.6 is 34.5 Å². The molecule has 3 aromatic rings. The maximum Gasteiger partial charge on any atom is 0.246 e. The van der Waals surface area contributed by atoms with Crippen molar-refractivity contribution in [3.63, 3.8) is 0 Å². The molecule has 0 bridgehead atoms. The molecular formula is C18H17Cl2N3OS. The molecule has 0 fully saturated rings. The lowest BCUT2D eigenvalue weighted by Gasteiger charge is -2.16. The highest BCUT2D eigenvalue weighted by Crippen LogP contribution is 2.23. The minimum absolute atomic E-state index is 0.104. The number of benzene rings is 1. The molecule has 7 heteroatoms. The Morgan fingerprint density at radius 1 is 1.36 bits per heavy atom. The van der Waals surface area contributed by atoms with E-state index in [1.54, 1.807) is 41.5 Å². The van der Waals surface area contributed by atoms with E-state index in [0.717, 1.165) is 21.9 Å². The number of fused-ring (bicyclic) bond motifs is 1. The average molecular weight is 394 g/mol. The molecule has 0 unspecified atom stereocenters. The third kappa shape index (κ3) is 3.89. The molecule has 130 valence electrons. The molecule has 0 N–H and O–H groups in total. The second kappa shape index (κ2) is 7.20. The van der Waals surface area contributed by atoms with Crippen molar-refractivity contribution < 1.29 is 4.79 Å². The largest absolute Gasteiger partial charge is 0.338 e. The summed E-state index contributed by atoms with van der Waals surface area (Å²) in [5.41, 5.74) is 2.68. The summed E-state index contributed by atoms with van der Waals surface area (Å²) in [7, 11) is 1.74. The van der Waals surface area contributed by atoms with Crippen molar-refractivity contribution in [2.24, 2.45) is 0 Å². The first-order valence-electron chi connectivity index (χ1n) is 7.67. The van der Waals surface area contributed by atoms with E-state index in [1.165, 1.54) is 4.88 Å². The highest BCUT2D eigenvalue weighted by atomic mass is 35.5. The SMILES string of the molecule is Cc1cn2c(/C=C/C(=O)N(C)Cc3ccc(Cl)cc3Cl)c(C)nc2s1. The number of rotatable bonds is 4. The maximum atomic E-state index is 12.4. The average Bonchev–Trinajstić information content (AvgIpc) is 3.02. The van der Waals surface area contributed by atoms with E-state index in [9.17, 15) is 4.79 Å². The number of aryl methyl sites for hydroxylation is 2. The zero-order chi connectivity index (χ0) is 18.1. The first-order valence-corrected chi connectivity index (χ1v) is 9.24. The van der Waals surface area contributed by atoms with Crippen molar-refractivity contribution in [1.29, 1.82) is 0 Å². The van der Waals surface area contributed by atoms with Gasteiger partial charge in [-0.1, -0.05) is 29.3 Å². The number of carbonyl (C=O) groups excluding carboxylic acids is 1. The summed E-state index contributed by atoms with van der Waals surface area (Å²) < 4.78 is 2.01. The number of nitrogens with zero attached hydrogens (tertiary/aromatic N) is 3. The summed E-state index contributed by atoms with van der Waals surface area (Å²) in [6.45, 7) is 4.39. The normalized spacial score (nSPS) is 11.6. The fourth-order valence-corrected chi connectivity index (χ4v) is 3.89. The Kier molecular flexibility index (Phi) is 5.18. The maximum absolute atomic E-state index is 12.4. The number of imidazole rings is 1. The Morgan fingerprint density at radius 2 is 2.12 bits per heavy atom. The molecule has 0 spiro atoms. The molecule has 0 saturated heterocycles. The molecule has 0 aliphatic rings. The molecule has 1 amide bonds. The van der Waals surface area contributed by atoms with E-state index in [0.29, 0.717) is 16.6 Å². The van der Waals surface area contributed by atoms with Gasteiger partial charge in [0.1, 0.15) is 0 Å².